The number of carboxylic acids is 4. The third kappa shape index (κ3) is 5.25. The normalized spacial score (nSPS) is 12.2. The molecule has 0 atom stereocenters. The number of nitrogens with two attached hydrogens (primary N) is 3. The first-order valence-corrected chi connectivity index (χ1v) is 5.80. The van der Waals surface area contributed by atoms with E-state index in [0.717, 1.165) is 0 Å². The molecule has 126 valence electrons. The van der Waals surface area contributed by atoms with E-state index in [4.69, 9.17) is 37.6 Å². The van der Waals surface area contributed by atoms with E-state index >= 15 is 0 Å². The van der Waals surface area contributed by atoms with Crippen molar-refractivity contribution in [1.29, 1.82) is 0 Å². The highest BCUT2D eigenvalue weighted by Crippen LogP contribution is 2.25. The van der Waals surface area contributed by atoms with Gasteiger partial charge in [0, 0.05) is 0 Å². The van der Waals surface area contributed by atoms with E-state index in [0.29, 0.717) is 4.90 Å². The van der Waals surface area contributed by atoms with Gasteiger partial charge in [-0.1, -0.05) is 0 Å². The van der Waals surface area contributed by atoms with Gasteiger partial charge in [-0.25, -0.2) is 4.90 Å². The van der Waals surface area contributed by atoms with E-state index in [1.807, 2.05) is 0 Å². The Hall–Kier alpha value is -2.28. The average Bonchev–Trinajstić information content (AvgIpc) is 2.23. The molecule has 0 aromatic carbocycles. The summed E-state index contributed by atoms with van der Waals surface area (Å²) in [6, 6.07) is 0. The lowest BCUT2D eigenvalue weighted by atomic mass is 9.83. The van der Waals surface area contributed by atoms with Gasteiger partial charge in [-0.15, -0.1) is 0 Å². The smallest absolute Gasteiger partial charge is 0.317 e. The van der Waals surface area contributed by atoms with Gasteiger partial charge in [0.1, 0.15) is 5.79 Å². The molecule has 0 rings (SSSR count). The molecule has 0 aromatic heterocycles. The van der Waals surface area contributed by atoms with Crippen LogP contribution < -0.4 is 17.2 Å². The average molecular weight is 322 g/mol. The molecule has 0 spiro atoms. The second kappa shape index (κ2) is 7.13. The summed E-state index contributed by atoms with van der Waals surface area (Å²) in [4.78, 5) is 43.8. The molecule has 0 radical (unpaired) electrons. The van der Waals surface area contributed by atoms with Gasteiger partial charge in [-0.3, -0.25) is 30.6 Å². The zero-order valence-corrected chi connectivity index (χ0v) is 11.4. The maximum atomic E-state index is 10.9. The van der Waals surface area contributed by atoms with Crippen molar-refractivity contribution in [3.05, 3.63) is 0 Å². The molecule has 0 heterocycles. The molecule has 0 bridgehead atoms. The summed E-state index contributed by atoms with van der Waals surface area (Å²) < 4.78 is 0. The summed E-state index contributed by atoms with van der Waals surface area (Å²) in [5.41, 5.74) is 14.7. The van der Waals surface area contributed by atoms with E-state index in [-0.39, 0.29) is 0 Å². The van der Waals surface area contributed by atoms with E-state index < -0.39 is 61.1 Å². The van der Waals surface area contributed by atoms with Crippen molar-refractivity contribution in [2.75, 3.05) is 13.1 Å². The Kier molecular flexibility index (Phi) is 6.39. The van der Waals surface area contributed by atoms with Crippen LogP contribution in [0.5, 0.6) is 0 Å². The summed E-state index contributed by atoms with van der Waals surface area (Å²) in [6.07, 6.45) is -2.02. The highest BCUT2D eigenvalue weighted by atomic mass is 16.4. The van der Waals surface area contributed by atoms with Crippen LogP contribution in [0, 0.1) is 0 Å². The van der Waals surface area contributed by atoms with Gasteiger partial charge in [0.05, 0.1) is 31.5 Å². The molecule has 12 nitrogen and oxygen atoms in total. The molecule has 0 aliphatic heterocycles. The first-order chi connectivity index (χ1) is 9.81. The number of hydrogen-bond donors (Lipinski definition) is 7. The molecule has 0 unspecified atom stereocenters. The molecule has 10 N–H and O–H groups in total. The van der Waals surface area contributed by atoms with Gasteiger partial charge in [-0.2, -0.15) is 0 Å². The summed E-state index contributed by atoms with van der Waals surface area (Å²) >= 11 is 0. The Balaban J connectivity index is 5.76. The monoisotopic (exact) mass is 322 g/mol. The molecular weight excluding hydrogens is 304 g/mol. The predicted molar refractivity (Wildman–Crippen MR) is 69.4 cm³/mol. The van der Waals surface area contributed by atoms with E-state index in [9.17, 15) is 19.2 Å². The minimum absolute atomic E-state index is 0.490. The number of rotatable bonds is 10. The third-order valence-electron chi connectivity index (χ3n) is 2.91. The molecule has 0 saturated carbocycles. The Morgan fingerprint density at radius 3 is 1.27 bits per heavy atom. The summed E-state index contributed by atoms with van der Waals surface area (Å²) in [7, 11) is 0. The van der Waals surface area contributed by atoms with Crippen molar-refractivity contribution < 1.29 is 39.6 Å². The molecule has 0 aliphatic carbocycles. The van der Waals surface area contributed by atoms with Crippen LogP contribution in [0.15, 0.2) is 0 Å². The van der Waals surface area contributed by atoms with Crippen molar-refractivity contribution in [2.45, 2.75) is 24.2 Å². The van der Waals surface area contributed by atoms with Crippen LogP contribution in [0.4, 0.5) is 0 Å². The molecule has 0 aliphatic rings. The van der Waals surface area contributed by atoms with Crippen molar-refractivity contribution in [1.82, 2.24) is 4.90 Å². The van der Waals surface area contributed by atoms with Crippen molar-refractivity contribution in [3.63, 3.8) is 0 Å². The number of hydrogen-bond acceptors (Lipinski definition) is 8. The fourth-order valence-corrected chi connectivity index (χ4v) is 1.84. The minimum Gasteiger partial charge on any atom is -0.481 e. The largest absolute Gasteiger partial charge is 0.481 e. The Labute approximate surface area is 124 Å². The lowest BCUT2D eigenvalue weighted by Gasteiger charge is -2.47. The number of carboxylic acid groups (broad SMARTS) is 4. The standard InChI is InChI=1S/C10H18N4O8/c11-9(1-5(15)16,2-6(17)18)10(12,13)14(3-7(19)20)4-8(21)22/h1-4,11-13H2,(H,15,16)(H,17,18)(H,19,20)(H,21,22). The van der Waals surface area contributed by atoms with Crippen LogP contribution in [0.1, 0.15) is 12.8 Å². The Morgan fingerprint density at radius 1 is 0.727 bits per heavy atom. The molecule has 0 saturated heterocycles. The fraction of sp³-hybridized carbons (Fsp3) is 0.600. The van der Waals surface area contributed by atoms with Gasteiger partial charge >= 0.3 is 23.9 Å². The molecule has 22 heavy (non-hydrogen) atoms. The first-order valence-electron chi connectivity index (χ1n) is 5.80. The van der Waals surface area contributed by atoms with Crippen LogP contribution in [0.3, 0.4) is 0 Å². The van der Waals surface area contributed by atoms with Gasteiger partial charge in [0.2, 0.25) is 0 Å². The van der Waals surface area contributed by atoms with Crippen molar-refractivity contribution in [3.8, 4) is 0 Å². The first kappa shape index (κ1) is 19.7. The van der Waals surface area contributed by atoms with Gasteiger partial charge in [0.15, 0.2) is 0 Å². The molecule has 0 fully saturated rings. The fourth-order valence-electron chi connectivity index (χ4n) is 1.84. The SMILES string of the molecule is NC(CC(=O)O)(CC(=O)O)C(N)(N)N(CC(=O)O)CC(=O)O. The van der Waals surface area contributed by atoms with Crippen LogP contribution in [-0.4, -0.2) is 73.6 Å². The zero-order valence-electron chi connectivity index (χ0n) is 11.4. The zero-order chi connectivity index (χ0) is 17.7. The number of aliphatic carboxylic acids is 4. The van der Waals surface area contributed by atoms with Gasteiger partial charge in [0.25, 0.3) is 0 Å². The molecular formula is C10H18N4O8. The highest BCUT2D eigenvalue weighted by molar-refractivity contribution is 5.75. The third-order valence-corrected chi connectivity index (χ3v) is 2.91. The number of carbonyl (C=O) groups is 4. The van der Waals surface area contributed by atoms with Crippen molar-refractivity contribution in [2.24, 2.45) is 17.2 Å². The highest BCUT2D eigenvalue weighted by Gasteiger charge is 2.51. The quantitative estimate of drug-likeness (QED) is 0.196. The number of nitrogens with zero attached hydrogens (tertiary/aromatic N) is 1. The molecule has 0 amide bonds. The second-order valence-corrected chi connectivity index (χ2v) is 4.77. The van der Waals surface area contributed by atoms with Crippen LogP contribution in [0.2, 0.25) is 0 Å². The van der Waals surface area contributed by atoms with Gasteiger partial charge in [-0.05, 0) is 0 Å². The molecule has 0 aromatic rings. The minimum atomic E-state index is -2.51. The lowest BCUT2D eigenvalue weighted by molar-refractivity contribution is -0.149. The summed E-state index contributed by atoms with van der Waals surface area (Å²) in [5, 5.41) is 35.2. The maximum Gasteiger partial charge on any atom is 0.317 e. The Morgan fingerprint density at radius 2 is 1.05 bits per heavy atom. The van der Waals surface area contributed by atoms with Crippen LogP contribution in [0.25, 0.3) is 0 Å². The molecule has 12 heteroatoms. The van der Waals surface area contributed by atoms with E-state index in [1.54, 1.807) is 0 Å². The summed E-state index contributed by atoms with van der Waals surface area (Å²) in [5.74, 6) is -8.59. The predicted octanol–water partition coefficient (Wildman–Crippen LogP) is -3.32. The van der Waals surface area contributed by atoms with Crippen LogP contribution in [-0.2, 0) is 19.2 Å². The Bertz CT molecular complexity index is 446. The topological polar surface area (TPSA) is 230 Å². The van der Waals surface area contributed by atoms with E-state index in [1.165, 1.54) is 0 Å². The van der Waals surface area contributed by atoms with Gasteiger partial charge < -0.3 is 26.2 Å². The second-order valence-electron chi connectivity index (χ2n) is 4.77. The summed E-state index contributed by atoms with van der Waals surface area (Å²) in [6.45, 7) is -1.95. The van der Waals surface area contributed by atoms with E-state index in [2.05, 4.69) is 0 Å². The lowest BCUT2D eigenvalue weighted by Crippen LogP contribution is -2.80. The van der Waals surface area contributed by atoms with Crippen molar-refractivity contribution >= 4 is 23.9 Å². The van der Waals surface area contributed by atoms with Crippen LogP contribution >= 0.6 is 0 Å². The maximum absolute atomic E-state index is 10.9.